The predicted octanol–water partition coefficient (Wildman–Crippen LogP) is 2.73. The second-order valence-corrected chi connectivity index (χ2v) is 7.68. The van der Waals surface area contributed by atoms with E-state index in [2.05, 4.69) is 31.1 Å². The Hall–Kier alpha value is -0.300. The second-order valence-electron chi connectivity index (χ2n) is 5.46. The quantitative estimate of drug-likeness (QED) is 0.837. The van der Waals surface area contributed by atoms with Crippen LogP contribution in [0.5, 0.6) is 0 Å². The highest BCUT2D eigenvalue weighted by Crippen LogP contribution is 2.31. The molecule has 1 N–H and O–H groups in total. The van der Waals surface area contributed by atoms with Crippen molar-refractivity contribution in [3.05, 3.63) is 10.6 Å². The Morgan fingerprint density at radius 2 is 2.30 bits per heavy atom. The first-order chi connectivity index (χ1) is 9.61. The van der Waals surface area contributed by atoms with Crippen molar-refractivity contribution in [2.24, 2.45) is 0 Å². The van der Waals surface area contributed by atoms with Crippen LogP contribution in [-0.4, -0.2) is 42.7 Å². The molecule has 1 aromatic heterocycles. The van der Waals surface area contributed by atoms with Crippen LogP contribution in [-0.2, 0) is 17.9 Å². The summed E-state index contributed by atoms with van der Waals surface area (Å²) in [6, 6.07) is 1.12. The van der Waals surface area contributed by atoms with Crippen molar-refractivity contribution in [1.82, 2.24) is 10.3 Å². The molecule has 114 valence electrons. The van der Waals surface area contributed by atoms with Crippen LogP contribution in [0.25, 0.3) is 0 Å². The SMILES string of the molecule is COCc1nc(N(C)C2CCSC2)sc1CNC(C)C. The minimum absolute atomic E-state index is 0.486. The number of ether oxygens (including phenoxy) is 1. The summed E-state index contributed by atoms with van der Waals surface area (Å²) in [5.74, 6) is 2.49. The molecule has 1 aliphatic heterocycles. The molecule has 0 saturated carbocycles. The monoisotopic (exact) mass is 315 g/mol. The smallest absolute Gasteiger partial charge is 0.185 e. The van der Waals surface area contributed by atoms with Crippen molar-refractivity contribution in [3.63, 3.8) is 0 Å². The highest BCUT2D eigenvalue weighted by atomic mass is 32.2. The fourth-order valence-corrected chi connectivity index (χ4v) is 4.50. The molecule has 1 aliphatic rings. The first-order valence-corrected chi connectivity index (χ1v) is 9.10. The Bertz CT molecular complexity index is 417. The third-order valence-corrected chi connectivity index (χ3v) is 5.81. The largest absolute Gasteiger partial charge is 0.378 e. The number of nitrogens with zero attached hydrogens (tertiary/aromatic N) is 2. The summed E-state index contributed by atoms with van der Waals surface area (Å²) in [5, 5.41) is 4.60. The van der Waals surface area contributed by atoms with Crippen molar-refractivity contribution >= 4 is 28.2 Å². The molecule has 1 atom stereocenters. The van der Waals surface area contributed by atoms with Crippen LogP contribution in [0, 0.1) is 0 Å². The van der Waals surface area contributed by atoms with Crippen LogP contribution in [0.15, 0.2) is 0 Å². The van der Waals surface area contributed by atoms with Gasteiger partial charge in [-0.15, -0.1) is 11.3 Å². The van der Waals surface area contributed by atoms with Gasteiger partial charge in [-0.05, 0) is 12.2 Å². The van der Waals surface area contributed by atoms with Crippen LogP contribution in [0.2, 0.25) is 0 Å². The Morgan fingerprint density at radius 1 is 1.50 bits per heavy atom. The number of aromatic nitrogens is 1. The highest BCUT2D eigenvalue weighted by Gasteiger charge is 2.23. The van der Waals surface area contributed by atoms with Gasteiger partial charge in [-0.2, -0.15) is 11.8 Å². The molecular formula is C14H25N3OS2. The number of thioether (sulfide) groups is 1. The molecule has 0 bridgehead atoms. The Kier molecular flexibility index (Phi) is 6.14. The molecule has 0 amide bonds. The molecule has 0 aromatic carbocycles. The zero-order chi connectivity index (χ0) is 14.5. The number of hydrogen-bond acceptors (Lipinski definition) is 6. The van der Waals surface area contributed by atoms with Crippen molar-refractivity contribution < 1.29 is 4.74 Å². The summed E-state index contributed by atoms with van der Waals surface area (Å²) in [6.45, 7) is 5.81. The maximum atomic E-state index is 5.29. The van der Waals surface area contributed by atoms with Gasteiger partial charge in [-0.3, -0.25) is 0 Å². The fraction of sp³-hybridized carbons (Fsp3) is 0.786. The van der Waals surface area contributed by atoms with Gasteiger partial charge < -0.3 is 15.0 Å². The molecule has 2 rings (SSSR count). The lowest BCUT2D eigenvalue weighted by Gasteiger charge is -2.22. The van der Waals surface area contributed by atoms with Gasteiger partial charge >= 0.3 is 0 Å². The summed E-state index contributed by atoms with van der Waals surface area (Å²) in [7, 11) is 3.90. The molecule has 1 aromatic rings. The van der Waals surface area contributed by atoms with Crippen LogP contribution < -0.4 is 10.2 Å². The Morgan fingerprint density at radius 3 is 2.90 bits per heavy atom. The molecule has 4 nitrogen and oxygen atoms in total. The molecule has 1 saturated heterocycles. The number of nitrogens with one attached hydrogen (secondary N) is 1. The van der Waals surface area contributed by atoms with Crippen molar-refractivity contribution in [3.8, 4) is 0 Å². The zero-order valence-electron chi connectivity index (χ0n) is 12.8. The maximum absolute atomic E-state index is 5.29. The number of anilines is 1. The third-order valence-electron chi connectivity index (χ3n) is 3.47. The minimum atomic E-state index is 0.486. The second kappa shape index (κ2) is 7.64. The van der Waals surface area contributed by atoms with E-state index in [1.807, 2.05) is 11.8 Å². The van der Waals surface area contributed by atoms with Crippen LogP contribution in [0.1, 0.15) is 30.8 Å². The summed E-state index contributed by atoms with van der Waals surface area (Å²) >= 11 is 3.84. The molecule has 0 radical (unpaired) electrons. The van der Waals surface area contributed by atoms with Crippen molar-refractivity contribution in [2.75, 3.05) is 30.6 Å². The minimum Gasteiger partial charge on any atom is -0.378 e. The van der Waals surface area contributed by atoms with Crippen LogP contribution in [0.3, 0.4) is 0 Å². The summed E-state index contributed by atoms with van der Waals surface area (Å²) in [4.78, 5) is 8.44. The van der Waals surface area contributed by atoms with E-state index in [4.69, 9.17) is 9.72 Å². The first kappa shape index (κ1) is 16.1. The third kappa shape index (κ3) is 4.10. The summed E-state index contributed by atoms with van der Waals surface area (Å²) in [5.41, 5.74) is 1.08. The topological polar surface area (TPSA) is 37.4 Å². The van der Waals surface area contributed by atoms with E-state index in [-0.39, 0.29) is 0 Å². The highest BCUT2D eigenvalue weighted by molar-refractivity contribution is 7.99. The van der Waals surface area contributed by atoms with Gasteiger partial charge in [-0.1, -0.05) is 13.8 Å². The van der Waals surface area contributed by atoms with E-state index in [0.29, 0.717) is 18.7 Å². The maximum Gasteiger partial charge on any atom is 0.185 e. The molecule has 20 heavy (non-hydrogen) atoms. The van der Waals surface area contributed by atoms with Crippen molar-refractivity contribution in [2.45, 2.75) is 45.5 Å². The average molecular weight is 316 g/mol. The summed E-state index contributed by atoms with van der Waals surface area (Å²) in [6.07, 6.45) is 1.26. The molecule has 2 heterocycles. The molecule has 0 aliphatic carbocycles. The van der Waals surface area contributed by atoms with E-state index in [0.717, 1.165) is 17.4 Å². The van der Waals surface area contributed by atoms with Gasteiger partial charge in [0.25, 0.3) is 0 Å². The summed E-state index contributed by atoms with van der Waals surface area (Å²) < 4.78 is 5.29. The standard InChI is InChI=1S/C14H25N3OS2/c1-10(2)15-7-13-12(8-18-4)16-14(20-13)17(3)11-5-6-19-9-11/h10-11,15H,5-9H2,1-4H3. The Labute approximate surface area is 130 Å². The first-order valence-electron chi connectivity index (χ1n) is 7.13. The lowest BCUT2D eigenvalue weighted by Crippen LogP contribution is -2.31. The van der Waals surface area contributed by atoms with Gasteiger partial charge in [0.15, 0.2) is 5.13 Å². The lowest BCUT2D eigenvalue weighted by atomic mass is 10.2. The number of thiazole rings is 1. The molecular weight excluding hydrogens is 290 g/mol. The van der Waals surface area contributed by atoms with Gasteiger partial charge in [0.2, 0.25) is 0 Å². The van der Waals surface area contributed by atoms with Gasteiger partial charge in [0, 0.05) is 43.4 Å². The van der Waals surface area contributed by atoms with E-state index in [1.54, 1.807) is 18.4 Å². The predicted molar refractivity (Wildman–Crippen MR) is 88.9 cm³/mol. The van der Waals surface area contributed by atoms with E-state index in [9.17, 15) is 0 Å². The van der Waals surface area contributed by atoms with E-state index in [1.165, 1.54) is 22.8 Å². The number of hydrogen-bond donors (Lipinski definition) is 1. The molecule has 1 fully saturated rings. The van der Waals surface area contributed by atoms with Gasteiger partial charge in [0.1, 0.15) is 0 Å². The van der Waals surface area contributed by atoms with E-state index >= 15 is 0 Å². The molecule has 0 spiro atoms. The number of rotatable bonds is 7. The Balaban J connectivity index is 2.10. The van der Waals surface area contributed by atoms with E-state index < -0.39 is 0 Å². The lowest BCUT2D eigenvalue weighted by molar-refractivity contribution is 0.181. The molecule has 6 heteroatoms. The van der Waals surface area contributed by atoms with Crippen molar-refractivity contribution in [1.29, 1.82) is 0 Å². The van der Waals surface area contributed by atoms with Gasteiger partial charge in [0.05, 0.1) is 12.3 Å². The average Bonchev–Trinajstić information content (AvgIpc) is 3.05. The fourth-order valence-electron chi connectivity index (χ4n) is 2.19. The van der Waals surface area contributed by atoms with Gasteiger partial charge in [-0.25, -0.2) is 4.98 Å². The molecule has 1 unspecified atom stereocenters. The zero-order valence-corrected chi connectivity index (χ0v) is 14.4. The normalized spacial score (nSPS) is 18.9. The number of methoxy groups -OCH3 is 1. The van der Waals surface area contributed by atoms with Crippen LogP contribution >= 0.6 is 23.1 Å². The van der Waals surface area contributed by atoms with Crippen LogP contribution in [0.4, 0.5) is 5.13 Å².